The molecule has 0 spiro atoms. The Kier molecular flexibility index (Phi) is 5.29. The largest absolute Gasteiger partial charge is 0.398 e. The predicted octanol–water partition coefficient (Wildman–Crippen LogP) is 3.01. The molecule has 0 unspecified atom stereocenters. The number of nitrogens with one attached hydrogen (secondary N) is 1. The number of thioether (sulfide) groups is 1. The molecule has 2 nitrogen and oxygen atoms in total. The first-order valence-electron chi connectivity index (χ1n) is 5.01. The summed E-state index contributed by atoms with van der Waals surface area (Å²) < 4.78 is 0. The van der Waals surface area contributed by atoms with Gasteiger partial charge in [-0.3, -0.25) is 0 Å². The van der Waals surface area contributed by atoms with Gasteiger partial charge in [0.2, 0.25) is 0 Å². The van der Waals surface area contributed by atoms with Gasteiger partial charge in [0.25, 0.3) is 0 Å². The van der Waals surface area contributed by atoms with Crippen LogP contribution in [0.1, 0.15) is 13.8 Å². The van der Waals surface area contributed by atoms with E-state index in [1.165, 1.54) is 0 Å². The van der Waals surface area contributed by atoms with E-state index in [9.17, 15) is 0 Å². The van der Waals surface area contributed by atoms with Crippen LogP contribution >= 0.6 is 23.4 Å². The lowest BCUT2D eigenvalue weighted by atomic mass is 10.3. The molecule has 0 aromatic heterocycles. The minimum atomic E-state index is 0.522. The van der Waals surface area contributed by atoms with Gasteiger partial charge in [0.15, 0.2) is 0 Å². The van der Waals surface area contributed by atoms with E-state index in [4.69, 9.17) is 17.3 Å². The smallest absolute Gasteiger partial charge is 0.0562 e. The molecule has 4 heteroatoms. The van der Waals surface area contributed by atoms with Crippen molar-refractivity contribution in [1.82, 2.24) is 5.32 Å². The number of anilines is 1. The summed E-state index contributed by atoms with van der Waals surface area (Å²) in [5, 5.41) is 4.09. The normalized spacial score (nSPS) is 10.9. The third-order valence-electron chi connectivity index (χ3n) is 1.90. The first-order chi connectivity index (χ1) is 7.11. The highest BCUT2D eigenvalue weighted by Gasteiger charge is 2.04. The van der Waals surface area contributed by atoms with Gasteiger partial charge in [-0.25, -0.2) is 0 Å². The Morgan fingerprint density at radius 3 is 2.80 bits per heavy atom. The summed E-state index contributed by atoms with van der Waals surface area (Å²) in [6, 6.07) is 6.14. The lowest BCUT2D eigenvalue weighted by Gasteiger charge is -2.09. The molecule has 1 aromatic rings. The Hall–Kier alpha value is -0.380. The van der Waals surface area contributed by atoms with Gasteiger partial charge in [-0.1, -0.05) is 31.5 Å². The van der Waals surface area contributed by atoms with Crippen molar-refractivity contribution in [2.45, 2.75) is 24.8 Å². The average Bonchev–Trinajstić information content (AvgIpc) is 2.15. The summed E-state index contributed by atoms with van der Waals surface area (Å²) in [6.45, 7) is 5.23. The first kappa shape index (κ1) is 12.7. The van der Waals surface area contributed by atoms with E-state index in [-0.39, 0.29) is 0 Å². The first-order valence-corrected chi connectivity index (χ1v) is 6.37. The number of nitrogen functional groups attached to an aromatic ring is 1. The molecule has 3 N–H and O–H groups in total. The highest BCUT2D eigenvalue weighted by atomic mass is 35.5. The van der Waals surface area contributed by atoms with E-state index in [1.54, 1.807) is 11.8 Å². The summed E-state index contributed by atoms with van der Waals surface area (Å²) in [7, 11) is 0. The summed E-state index contributed by atoms with van der Waals surface area (Å²) in [4.78, 5) is 0.990. The van der Waals surface area contributed by atoms with Crippen molar-refractivity contribution in [3.63, 3.8) is 0 Å². The average molecular weight is 245 g/mol. The topological polar surface area (TPSA) is 38.0 Å². The maximum atomic E-state index is 6.05. The van der Waals surface area contributed by atoms with Gasteiger partial charge in [-0.2, -0.15) is 0 Å². The molecule has 0 aliphatic carbocycles. The van der Waals surface area contributed by atoms with Crippen molar-refractivity contribution in [1.29, 1.82) is 0 Å². The summed E-state index contributed by atoms with van der Waals surface area (Å²) in [5.74, 6) is 0.978. The Balaban J connectivity index is 2.43. The Labute approximate surface area is 101 Å². The molecule has 0 amide bonds. The fraction of sp³-hybridized carbons (Fsp3) is 0.455. The summed E-state index contributed by atoms with van der Waals surface area (Å²) in [6.07, 6.45) is 0. The molecule has 15 heavy (non-hydrogen) atoms. The number of rotatable bonds is 5. The van der Waals surface area contributed by atoms with Crippen molar-refractivity contribution >= 4 is 29.1 Å². The van der Waals surface area contributed by atoms with Crippen LogP contribution in [0.15, 0.2) is 23.1 Å². The van der Waals surface area contributed by atoms with Crippen LogP contribution in [-0.2, 0) is 0 Å². The summed E-state index contributed by atoms with van der Waals surface area (Å²) in [5.41, 5.74) is 6.60. The zero-order valence-electron chi connectivity index (χ0n) is 9.09. The third-order valence-corrected chi connectivity index (χ3v) is 3.48. The zero-order valence-corrected chi connectivity index (χ0v) is 10.7. The fourth-order valence-electron chi connectivity index (χ4n) is 1.18. The second-order valence-electron chi connectivity index (χ2n) is 3.62. The zero-order chi connectivity index (χ0) is 11.3. The number of hydrogen-bond acceptors (Lipinski definition) is 3. The van der Waals surface area contributed by atoms with Crippen LogP contribution in [0.2, 0.25) is 5.02 Å². The van der Waals surface area contributed by atoms with Crippen molar-refractivity contribution in [3.05, 3.63) is 23.2 Å². The maximum absolute atomic E-state index is 6.05. The van der Waals surface area contributed by atoms with Crippen LogP contribution in [0, 0.1) is 0 Å². The van der Waals surface area contributed by atoms with Crippen molar-refractivity contribution in [2.24, 2.45) is 0 Å². The molecule has 0 aliphatic heterocycles. The van der Waals surface area contributed by atoms with Crippen LogP contribution in [0.5, 0.6) is 0 Å². The van der Waals surface area contributed by atoms with Crippen LogP contribution in [0.25, 0.3) is 0 Å². The molecule has 0 atom stereocenters. The van der Waals surface area contributed by atoms with E-state index in [1.807, 2.05) is 18.2 Å². The molecular weight excluding hydrogens is 228 g/mol. The minimum absolute atomic E-state index is 0.522. The van der Waals surface area contributed by atoms with Gasteiger partial charge in [0.05, 0.1) is 5.02 Å². The quantitative estimate of drug-likeness (QED) is 0.475. The Bertz CT molecular complexity index is 295. The van der Waals surface area contributed by atoms with Crippen molar-refractivity contribution < 1.29 is 0 Å². The van der Waals surface area contributed by atoms with E-state index < -0.39 is 0 Å². The standard InChI is InChI=1S/C11H17ClN2S/c1-8(2)14-6-7-15-11-9(12)4-3-5-10(11)13/h3-5,8,14H,6-7,13H2,1-2H3. The molecule has 0 radical (unpaired) electrons. The van der Waals surface area contributed by atoms with Gasteiger partial charge in [-0.15, -0.1) is 11.8 Å². The minimum Gasteiger partial charge on any atom is -0.398 e. The fourth-order valence-corrected chi connectivity index (χ4v) is 2.39. The third kappa shape index (κ3) is 4.33. The molecule has 0 bridgehead atoms. The molecule has 0 saturated carbocycles. The van der Waals surface area contributed by atoms with Crippen molar-refractivity contribution in [2.75, 3.05) is 18.0 Å². The molecular formula is C11H17ClN2S. The molecule has 0 heterocycles. The molecule has 1 rings (SSSR count). The van der Waals surface area contributed by atoms with E-state index in [0.717, 1.165) is 27.9 Å². The van der Waals surface area contributed by atoms with Gasteiger partial charge < -0.3 is 11.1 Å². The number of halogens is 1. The van der Waals surface area contributed by atoms with Crippen LogP contribution in [0.3, 0.4) is 0 Å². The Morgan fingerprint density at radius 2 is 2.20 bits per heavy atom. The van der Waals surface area contributed by atoms with Crippen LogP contribution in [-0.4, -0.2) is 18.3 Å². The number of hydrogen-bond donors (Lipinski definition) is 2. The van der Waals surface area contributed by atoms with Gasteiger partial charge in [-0.05, 0) is 12.1 Å². The summed E-state index contributed by atoms with van der Waals surface area (Å²) >= 11 is 7.75. The highest BCUT2D eigenvalue weighted by Crippen LogP contribution is 2.31. The van der Waals surface area contributed by atoms with Crippen LogP contribution in [0.4, 0.5) is 5.69 Å². The predicted molar refractivity (Wildman–Crippen MR) is 69.7 cm³/mol. The second-order valence-corrected chi connectivity index (χ2v) is 5.13. The molecule has 0 saturated heterocycles. The number of benzene rings is 1. The molecule has 0 fully saturated rings. The van der Waals surface area contributed by atoms with Gasteiger partial charge >= 0.3 is 0 Å². The number of nitrogens with two attached hydrogens (primary N) is 1. The highest BCUT2D eigenvalue weighted by molar-refractivity contribution is 7.99. The molecule has 0 aliphatic rings. The Morgan fingerprint density at radius 1 is 1.47 bits per heavy atom. The van der Waals surface area contributed by atoms with E-state index in [2.05, 4.69) is 19.2 Å². The van der Waals surface area contributed by atoms with Crippen molar-refractivity contribution in [3.8, 4) is 0 Å². The second kappa shape index (κ2) is 6.26. The molecule has 1 aromatic carbocycles. The lowest BCUT2D eigenvalue weighted by Crippen LogP contribution is -2.24. The SMILES string of the molecule is CC(C)NCCSc1c(N)cccc1Cl. The van der Waals surface area contributed by atoms with E-state index >= 15 is 0 Å². The van der Waals surface area contributed by atoms with E-state index in [0.29, 0.717) is 6.04 Å². The van der Waals surface area contributed by atoms with Gasteiger partial charge in [0.1, 0.15) is 0 Å². The maximum Gasteiger partial charge on any atom is 0.0562 e. The van der Waals surface area contributed by atoms with Gasteiger partial charge in [0, 0.05) is 28.9 Å². The lowest BCUT2D eigenvalue weighted by molar-refractivity contribution is 0.616. The van der Waals surface area contributed by atoms with Crippen LogP contribution < -0.4 is 11.1 Å². The monoisotopic (exact) mass is 244 g/mol. The molecule has 84 valence electrons.